The summed E-state index contributed by atoms with van der Waals surface area (Å²) in [4.78, 5) is 43.6. The monoisotopic (exact) mass is 640 g/mol. The molecule has 0 aromatic heterocycles. The van der Waals surface area contributed by atoms with Crippen molar-refractivity contribution < 1.29 is 33.9 Å². The number of fused-ring (bicyclic) bond motifs is 2. The number of aryl methyl sites for hydroxylation is 1. The number of carbonyl (C=O) groups excluding carboxylic acids is 3. The Labute approximate surface area is 264 Å². The molecular formula is C33H44N4O7S. The Hall–Kier alpha value is -3.55. The van der Waals surface area contributed by atoms with Crippen LogP contribution in [0.5, 0.6) is 0 Å². The van der Waals surface area contributed by atoms with Gasteiger partial charge in [-0.25, -0.2) is 8.93 Å². The molecule has 0 fully saturated rings. The average Bonchev–Trinajstić information content (AvgIpc) is 2.94. The second-order valence-electron chi connectivity index (χ2n) is 12.6. The van der Waals surface area contributed by atoms with E-state index in [0.717, 1.165) is 16.8 Å². The van der Waals surface area contributed by atoms with Gasteiger partial charge in [0.05, 0.1) is 22.7 Å². The molecule has 244 valence electrons. The zero-order chi connectivity index (χ0) is 33.6. The molecule has 5 atom stereocenters. The summed E-state index contributed by atoms with van der Waals surface area (Å²) < 4.78 is 16.6. The van der Waals surface area contributed by atoms with Crippen molar-refractivity contribution >= 4 is 38.7 Å². The summed E-state index contributed by atoms with van der Waals surface area (Å²) in [5.74, 6) is -1.06. The minimum Gasteiger partial charge on any atom is -0.508 e. The molecule has 0 bridgehead atoms. The third-order valence-corrected chi connectivity index (χ3v) is 10.9. The Morgan fingerprint density at radius 3 is 2.33 bits per heavy atom. The number of carbonyl (C=O) groups is 3. The van der Waals surface area contributed by atoms with Crippen molar-refractivity contribution in [2.45, 2.75) is 56.2 Å². The highest BCUT2D eigenvalue weighted by Gasteiger charge is 2.58. The van der Waals surface area contributed by atoms with Gasteiger partial charge in [0.25, 0.3) is 0 Å². The second kappa shape index (κ2) is 12.7. The van der Waals surface area contributed by atoms with Crippen molar-refractivity contribution in [3.05, 3.63) is 69.5 Å². The molecule has 2 aliphatic rings. The molecule has 45 heavy (non-hydrogen) atoms. The SMILES string of the molecule is C=S(=O)(NCc1cc(N(C)C)c2c(c1C)C(=O)C1=C(O)[C@](O)(C(=O)CC(N)=O)[C@H](C(CO)N(C)C)C[C@@H]1C2)c1ccc(C)cc1. The molecule has 2 aliphatic carbocycles. The number of aliphatic hydroxyl groups excluding tert-OH is 2. The van der Waals surface area contributed by atoms with Gasteiger partial charge in [-0.2, -0.15) is 0 Å². The maximum Gasteiger partial charge on any atom is 0.225 e. The highest BCUT2D eigenvalue weighted by Crippen LogP contribution is 2.50. The number of primary amides is 1. The van der Waals surface area contributed by atoms with Gasteiger partial charge in [-0.3, -0.25) is 14.4 Å². The number of nitrogens with zero attached hydrogens (tertiary/aromatic N) is 2. The number of aliphatic hydroxyl groups is 3. The fraction of sp³-hybridized carbons (Fsp3) is 0.455. The average molecular weight is 641 g/mol. The van der Waals surface area contributed by atoms with Gasteiger partial charge < -0.3 is 30.9 Å². The lowest BCUT2D eigenvalue weighted by molar-refractivity contribution is -0.151. The molecule has 2 unspecified atom stereocenters. The van der Waals surface area contributed by atoms with E-state index in [2.05, 4.69) is 10.6 Å². The number of likely N-dealkylation sites (N-methyl/N-ethyl adjacent to an activating group) is 1. The summed E-state index contributed by atoms with van der Waals surface area (Å²) in [5.41, 5.74) is 6.74. The molecule has 6 N–H and O–H groups in total. The molecule has 0 aliphatic heterocycles. The Balaban J connectivity index is 1.85. The molecular weight excluding hydrogens is 596 g/mol. The highest BCUT2D eigenvalue weighted by atomic mass is 32.2. The van der Waals surface area contributed by atoms with Gasteiger partial charge in [0.15, 0.2) is 17.2 Å². The molecule has 0 radical (unpaired) electrons. The Bertz CT molecular complexity index is 1660. The standard InChI is InChI=1S/C33H44N4O7S/c1-18-8-10-22(11-9-18)45(7,44)35-16-21-14-25(36(3)4)23-12-20-13-24(26(17-38)37(5)6)33(43,27(39)15-28(34)40)32(42)30(20)31(41)29(23)19(21)2/h8-11,14,20,24,26,38,42-43H,7,12-13,15-17H2,1-6H3,(H2,34,40)(H,35,44)/t20-,24-,26?,33+,45?/m0/s1. The van der Waals surface area contributed by atoms with E-state index in [1.54, 1.807) is 38.1 Å². The lowest BCUT2D eigenvalue weighted by Gasteiger charge is -2.48. The van der Waals surface area contributed by atoms with Gasteiger partial charge in [-0.15, -0.1) is 0 Å². The number of hydrogen-bond acceptors (Lipinski definition) is 9. The van der Waals surface area contributed by atoms with Crippen LogP contribution in [0.15, 0.2) is 46.6 Å². The number of benzene rings is 2. The quantitative estimate of drug-likeness (QED) is 0.180. The van der Waals surface area contributed by atoms with Crippen LogP contribution >= 0.6 is 0 Å². The smallest absolute Gasteiger partial charge is 0.225 e. The molecule has 12 heteroatoms. The van der Waals surface area contributed by atoms with E-state index in [0.29, 0.717) is 28.0 Å². The van der Waals surface area contributed by atoms with E-state index >= 15 is 0 Å². The summed E-state index contributed by atoms with van der Waals surface area (Å²) in [5, 5.41) is 33.8. The number of amides is 1. The fourth-order valence-electron chi connectivity index (χ4n) is 6.75. The first-order valence-electron chi connectivity index (χ1n) is 14.8. The van der Waals surface area contributed by atoms with Crippen LogP contribution in [0.4, 0.5) is 5.69 Å². The van der Waals surface area contributed by atoms with Crippen molar-refractivity contribution in [3.8, 4) is 0 Å². The third-order valence-electron chi connectivity index (χ3n) is 9.25. The molecule has 2 aromatic carbocycles. The fourth-order valence-corrected chi connectivity index (χ4v) is 7.89. The largest absolute Gasteiger partial charge is 0.508 e. The Morgan fingerprint density at radius 2 is 1.80 bits per heavy atom. The van der Waals surface area contributed by atoms with Crippen molar-refractivity contribution in [2.75, 3.05) is 39.7 Å². The Kier molecular flexibility index (Phi) is 9.68. The first-order valence-corrected chi connectivity index (χ1v) is 16.5. The van der Waals surface area contributed by atoms with Gasteiger partial charge >= 0.3 is 0 Å². The number of allylic oxidation sites excluding steroid dienone is 1. The predicted octanol–water partition coefficient (Wildman–Crippen LogP) is 1.43. The lowest BCUT2D eigenvalue weighted by atomic mass is 9.61. The normalized spacial score (nSPS) is 23.3. The zero-order valence-corrected chi connectivity index (χ0v) is 27.5. The molecule has 4 rings (SSSR count). The van der Waals surface area contributed by atoms with Crippen molar-refractivity contribution in [1.82, 2.24) is 9.62 Å². The summed E-state index contributed by atoms with van der Waals surface area (Å²) in [6.07, 6.45) is -0.444. The number of rotatable bonds is 11. The minimum absolute atomic E-state index is 0.0876. The molecule has 2 aromatic rings. The summed E-state index contributed by atoms with van der Waals surface area (Å²) in [6, 6.07) is 8.40. The van der Waals surface area contributed by atoms with Crippen molar-refractivity contribution in [2.24, 2.45) is 17.6 Å². The Morgan fingerprint density at radius 1 is 1.18 bits per heavy atom. The van der Waals surface area contributed by atoms with Crippen LogP contribution in [-0.2, 0) is 32.3 Å². The number of Topliss-reactive ketones (excluding diaryl/α,β-unsaturated/α-hetero) is 2. The van der Waals surface area contributed by atoms with Crippen LogP contribution < -0.4 is 15.4 Å². The molecule has 1 amide bonds. The van der Waals surface area contributed by atoms with Crippen LogP contribution in [-0.4, -0.2) is 94.2 Å². The lowest BCUT2D eigenvalue weighted by Crippen LogP contribution is -2.60. The second-order valence-corrected chi connectivity index (χ2v) is 14.7. The van der Waals surface area contributed by atoms with Crippen molar-refractivity contribution in [1.29, 1.82) is 0 Å². The van der Waals surface area contributed by atoms with E-state index in [9.17, 15) is 33.9 Å². The maximum absolute atomic E-state index is 14.4. The van der Waals surface area contributed by atoms with Crippen LogP contribution in [0.2, 0.25) is 0 Å². The summed E-state index contributed by atoms with van der Waals surface area (Å²) in [6.45, 7) is 3.39. The van der Waals surface area contributed by atoms with Gasteiger partial charge in [-0.05, 0) is 87.5 Å². The van der Waals surface area contributed by atoms with E-state index in [1.807, 2.05) is 44.1 Å². The van der Waals surface area contributed by atoms with E-state index in [-0.39, 0.29) is 18.5 Å². The van der Waals surface area contributed by atoms with Gasteiger partial charge in [0.1, 0.15) is 5.76 Å². The molecule has 0 saturated carbocycles. The van der Waals surface area contributed by atoms with E-state index in [1.165, 1.54) is 0 Å². The maximum atomic E-state index is 14.4. The first kappa shape index (κ1) is 34.3. The van der Waals surface area contributed by atoms with Gasteiger partial charge in [0.2, 0.25) is 5.91 Å². The summed E-state index contributed by atoms with van der Waals surface area (Å²) in [7, 11) is 4.17. The van der Waals surface area contributed by atoms with Crippen LogP contribution in [0.3, 0.4) is 0 Å². The van der Waals surface area contributed by atoms with Crippen LogP contribution in [0, 0.1) is 25.7 Å². The number of anilines is 1. The number of nitrogens with one attached hydrogen (secondary N) is 1. The van der Waals surface area contributed by atoms with Crippen molar-refractivity contribution in [3.63, 3.8) is 0 Å². The van der Waals surface area contributed by atoms with Gasteiger partial charge in [0, 0.05) is 54.3 Å². The molecule has 0 spiro atoms. The number of ketones is 2. The molecule has 0 heterocycles. The first-order chi connectivity index (χ1) is 20.9. The van der Waals surface area contributed by atoms with E-state index in [4.69, 9.17) is 5.73 Å². The topological polar surface area (TPSA) is 174 Å². The summed E-state index contributed by atoms with van der Waals surface area (Å²) >= 11 is 0. The molecule has 11 nitrogen and oxygen atoms in total. The molecule has 0 saturated heterocycles. The van der Waals surface area contributed by atoms with Crippen LogP contribution in [0.25, 0.3) is 0 Å². The third kappa shape index (κ3) is 6.17. The number of hydrogen-bond donors (Lipinski definition) is 5. The number of nitrogens with two attached hydrogens (primary N) is 1. The van der Waals surface area contributed by atoms with Gasteiger partial charge in [-0.1, -0.05) is 17.7 Å². The highest BCUT2D eigenvalue weighted by molar-refractivity contribution is 7.98. The predicted molar refractivity (Wildman–Crippen MR) is 175 cm³/mol. The van der Waals surface area contributed by atoms with Crippen LogP contribution in [0.1, 0.15) is 45.5 Å². The van der Waals surface area contributed by atoms with E-state index < -0.39 is 69.4 Å². The zero-order valence-electron chi connectivity index (χ0n) is 26.7. The minimum atomic E-state index is -2.88.